The van der Waals surface area contributed by atoms with Crippen molar-refractivity contribution in [1.29, 1.82) is 0 Å². The highest BCUT2D eigenvalue weighted by molar-refractivity contribution is 9.11. The Morgan fingerprint density at radius 3 is 2.76 bits per heavy atom. The minimum absolute atomic E-state index is 0.243. The average Bonchev–Trinajstić information content (AvgIpc) is 2.86. The summed E-state index contributed by atoms with van der Waals surface area (Å²) in [7, 11) is 1.95. The molecular formula is C15H20Br2N4. The molecule has 4 nitrogen and oxygen atoms in total. The third-order valence-electron chi connectivity index (χ3n) is 3.29. The number of rotatable bonds is 7. The van der Waals surface area contributed by atoms with Crippen LogP contribution in [0.5, 0.6) is 0 Å². The Kier molecular flexibility index (Phi) is 6.39. The number of nitrogens with one attached hydrogen (secondary N) is 1. The Balaban J connectivity index is 2.09. The number of aryl methyl sites for hydroxylation is 2. The molecule has 0 saturated heterocycles. The van der Waals surface area contributed by atoms with E-state index in [0.29, 0.717) is 0 Å². The van der Waals surface area contributed by atoms with Gasteiger partial charge in [0, 0.05) is 28.4 Å². The molecule has 0 fully saturated rings. The molecule has 0 radical (unpaired) electrons. The fourth-order valence-corrected chi connectivity index (χ4v) is 3.51. The minimum atomic E-state index is 0.243. The first-order chi connectivity index (χ1) is 10.1. The zero-order valence-corrected chi connectivity index (χ0v) is 15.5. The van der Waals surface area contributed by atoms with E-state index in [1.54, 1.807) is 0 Å². The van der Waals surface area contributed by atoms with Crippen LogP contribution in [0.25, 0.3) is 0 Å². The minimum Gasteiger partial charge on any atom is -0.309 e. The quantitative estimate of drug-likeness (QED) is 0.742. The summed E-state index contributed by atoms with van der Waals surface area (Å²) in [5.41, 5.74) is 2.32. The van der Waals surface area contributed by atoms with Crippen molar-refractivity contribution in [2.24, 2.45) is 7.05 Å². The molecule has 0 aromatic carbocycles. The van der Waals surface area contributed by atoms with Crippen molar-refractivity contribution in [3.8, 4) is 0 Å². The molecular weight excluding hydrogens is 396 g/mol. The van der Waals surface area contributed by atoms with Crippen LogP contribution < -0.4 is 5.32 Å². The van der Waals surface area contributed by atoms with Gasteiger partial charge in [0.15, 0.2) is 0 Å². The van der Waals surface area contributed by atoms with Crippen LogP contribution in [0.3, 0.4) is 0 Å². The van der Waals surface area contributed by atoms with E-state index in [2.05, 4.69) is 60.4 Å². The molecule has 2 aromatic heterocycles. The lowest BCUT2D eigenvalue weighted by Gasteiger charge is -2.19. The molecule has 2 rings (SSSR count). The highest BCUT2D eigenvalue weighted by atomic mass is 79.9. The van der Waals surface area contributed by atoms with Gasteiger partial charge in [-0.1, -0.05) is 6.92 Å². The van der Waals surface area contributed by atoms with Crippen molar-refractivity contribution in [3.05, 3.63) is 44.9 Å². The van der Waals surface area contributed by atoms with Crippen LogP contribution in [-0.2, 0) is 13.5 Å². The van der Waals surface area contributed by atoms with Crippen molar-refractivity contribution in [1.82, 2.24) is 20.1 Å². The van der Waals surface area contributed by atoms with Crippen LogP contribution in [-0.4, -0.2) is 21.3 Å². The molecule has 0 spiro atoms. The van der Waals surface area contributed by atoms with Crippen LogP contribution in [0.15, 0.2) is 33.6 Å². The van der Waals surface area contributed by atoms with E-state index in [9.17, 15) is 0 Å². The first-order valence-corrected chi connectivity index (χ1v) is 8.70. The topological polar surface area (TPSA) is 42.7 Å². The fourth-order valence-electron chi connectivity index (χ4n) is 2.25. The van der Waals surface area contributed by atoms with Crippen molar-refractivity contribution in [3.63, 3.8) is 0 Å². The summed E-state index contributed by atoms with van der Waals surface area (Å²) in [6.45, 7) is 3.16. The maximum atomic E-state index is 4.57. The number of hydrogen-bond donors (Lipinski definition) is 1. The van der Waals surface area contributed by atoms with Crippen LogP contribution in [0, 0.1) is 0 Å². The van der Waals surface area contributed by atoms with Gasteiger partial charge in [-0.25, -0.2) is 0 Å². The molecule has 0 saturated carbocycles. The molecule has 2 heterocycles. The van der Waals surface area contributed by atoms with Gasteiger partial charge in [-0.3, -0.25) is 9.67 Å². The Morgan fingerprint density at radius 2 is 2.14 bits per heavy atom. The van der Waals surface area contributed by atoms with Crippen molar-refractivity contribution >= 4 is 31.9 Å². The second-order valence-electron chi connectivity index (χ2n) is 5.09. The molecule has 1 N–H and O–H groups in total. The predicted octanol–water partition coefficient (Wildman–Crippen LogP) is 4.01. The van der Waals surface area contributed by atoms with E-state index < -0.39 is 0 Å². The first-order valence-electron chi connectivity index (χ1n) is 7.12. The summed E-state index contributed by atoms with van der Waals surface area (Å²) in [6, 6.07) is 2.29. The van der Waals surface area contributed by atoms with Gasteiger partial charge in [-0.2, -0.15) is 5.10 Å². The molecule has 6 heteroatoms. The van der Waals surface area contributed by atoms with E-state index in [1.807, 2.05) is 30.2 Å². The molecule has 0 amide bonds. The maximum Gasteiger partial charge on any atom is 0.0715 e. The van der Waals surface area contributed by atoms with Crippen molar-refractivity contribution in [2.75, 3.05) is 6.54 Å². The molecule has 1 atom stereocenters. The third-order valence-corrected chi connectivity index (χ3v) is 4.36. The largest absolute Gasteiger partial charge is 0.309 e. The van der Waals surface area contributed by atoms with E-state index in [0.717, 1.165) is 40.4 Å². The molecule has 0 aliphatic carbocycles. The highest BCUT2D eigenvalue weighted by Gasteiger charge is 2.16. The van der Waals surface area contributed by atoms with E-state index in [1.165, 1.54) is 5.56 Å². The van der Waals surface area contributed by atoms with Gasteiger partial charge in [0.1, 0.15) is 0 Å². The summed E-state index contributed by atoms with van der Waals surface area (Å²) < 4.78 is 3.87. The van der Waals surface area contributed by atoms with Gasteiger partial charge in [0.2, 0.25) is 0 Å². The van der Waals surface area contributed by atoms with E-state index in [4.69, 9.17) is 0 Å². The SMILES string of the molecule is CCCNC(CCc1cnn(C)c1)c1ncc(Br)cc1Br. The summed E-state index contributed by atoms with van der Waals surface area (Å²) in [5, 5.41) is 7.81. The third kappa shape index (κ3) is 4.90. The van der Waals surface area contributed by atoms with Gasteiger partial charge in [-0.15, -0.1) is 0 Å². The number of nitrogens with zero attached hydrogens (tertiary/aromatic N) is 3. The van der Waals surface area contributed by atoms with Gasteiger partial charge < -0.3 is 5.32 Å². The Bertz CT molecular complexity index is 583. The summed E-state index contributed by atoms with van der Waals surface area (Å²) >= 11 is 7.07. The second-order valence-corrected chi connectivity index (χ2v) is 6.86. The average molecular weight is 416 g/mol. The Hall–Kier alpha value is -0.720. The fraction of sp³-hybridized carbons (Fsp3) is 0.467. The van der Waals surface area contributed by atoms with Gasteiger partial charge >= 0.3 is 0 Å². The van der Waals surface area contributed by atoms with Crippen molar-refractivity contribution in [2.45, 2.75) is 32.2 Å². The highest BCUT2D eigenvalue weighted by Crippen LogP contribution is 2.27. The van der Waals surface area contributed by atoms with Crippen LogP contribution in [0.2, 0.25) is 0 Å². The lowest BCUT2D eigenvalue weighted by atomic mass is 10.0. The van der Waals surface area contributed by atoms with Crippen LogP contribution in [0.4, 0.5) is 0 Å². The molecule has 2 aromatic rings. The van der Waals surface area contributed by atoms with E-state index in [-0.39, 0.29) is 6.04 Å². The Labute approximate surface area is 142 Å². The number of hydrogen-bond acceptors (Lipinski definition) is 3. The van der Waals surface area contributed by atoms with E-state index >= 15 is 0 Å². The summed E-state index contributed by atoms with van der Waals surface area (Å²) in [4.78, 5) is 4.57. The molecule has 1 unspecified atom stereocenters. The van der Waals surface area contributed by atoms with Gasteiger partial charge in [0.25, 0.3) is 0 Å². The summed E-state index contributed by atoms with van der Waals surface area (Å²) in [5.74, 6) is 0. The van der Waals surface area contributed by atoms with Gasteiger partial charge in [-0.05, 0) is 69.3 Å². The zero-order valence-electron chi connectivity index (χ0n) is 12.3. The Morgan fingerprint density at radius 1 is 1.33 bits per heavy atom. The lowest BCUT2D eigenvalue weighted by molar-refractivity contribution is 0.487. The van der Waals surface area contributed by atoms with Crippen molar-refractivity contribution < 1.29 is 0 Å². The summed E-state index contributed by atoms with van der Waals surface area (Å²) in [6.07, 6.45) is 8.95. The molecule has 114 valence electrons. The maximum absolute atomic E-state index is 4.57. The number of pyridine rings is 1. The first kappa shape index (κ1) is 16.6. The monoisotopic (exact) mass is 414 g/mol. The smallest absolute Gasteiger partial charge is 0.0715 e. The molecule has 21 heavy (non-hydrogen) atoms. The predicted molar refractivity (Wildman–Crippen MR) is 92.2 cm³/mol. The number of aromatic nitrogens is 3. The zero-order chi connectivity index (χ0) is 15.2. The lowest BCUT2D eigenvalue weighted by Crippen LogP contribution is -2.24. The normalized spacial score (nSPS) is 12.6. The molecule has 0 aliphatic heterocycles. The second kappa shape index (κ2) is 8.06. The van der Waals surface area contributed by atoms with Crippen LogP contribution >= 0.6 is 31.9 Å². The van der Waals surface area contributed by atoms with Crippen LogP contribution in [0.1, 0.15) is 37.1 Å². The molecule has 0 bridgehead atoms. The molecule has 0 aliphatic rings. The standard InChI is InChI=1S/C15H20Br2N4/c1-3-6-18-14(5-4-11-8-20-21(2)10-11)15-13(17)7-12(16)9-19-15/h7-10,14,18H,3-6H2,1-2H3. The number of halogens is 2. The van der Waals surface area contributed by atoms with Gasteiger partial charge in [0.05, 0.1) is 17.9 Å².